The minimum absolute atomic E-state index is 0.0389. The maximum absolute atomic E-state index is 12.5. The standard InChI is InChI=1S/C25H25N3O2/c1-18(26-24(29)17-30-21-13-7-4-8-14-21)25-27-22-15-9-10-16-23(22)28(25)19(2)20-11-5-3-6-12-20/h3-16,18-19H,17H2,1-2H3,(H,26,29). The van der Waals surface area contributed by atoms with E-state index in [9.17, 15) is 4.79 Å². The third-order valence-electron chi connectivity index (χ3n) is 5.17. The van der Waals surface area contributed by atoms with Gasteiger partial charge in [0.05, 0.1) is 23.1 Å². The van der Waals surface area contributed by atoms with Crippen LogP contribution < -0.4 is 10.1 Å². The Kier molecular flexibility index (Phi) is 5.80. The Balaban J connectivity index is 1.57. The van der Waals surface area contributed by atoms with Crippen LogP contribution in [0.25, 0.3) is 11.0 Å². The highest BCUT2D eigenvalue weighted by atomic mass is 16.5. The van der Waals surface area contributed by atoms with E-state index in [1.807, 2.05) is 73.7 Å². The number of fused-ring (bicyclic) bond motifs is 1. The molecule has 1 N–H and O–H groups in total. The summed E-state index contributed by atoms with van der Waals surface area (Å²) in [5.41, 5.74) is 3.15. The number of nitrogens with zero attached hydrogens (tertiary/aromatic N) is 2. The largest absolute Gasteiger partial charge is 0.484 e. The van der Waals surface area contributed by atoms with Crippen molar-refractivity contribution in [2.45, 2.75) is 25.9 Å². The third kappa shape index (κ3) is 4.20. The number of amides is 1. The van der Waals surface area contributed by atoms with Crippen LogP contribution in [0.15, 0.2) is 84.9 Å². The molecule has 1 heterocycles. The van der Waals surface area contributed by atoms with Crippen LogP contribution in [-0.2, 0) is 4.79 Å². The van der Waals surface area contributed by atoms with Crippen molar-refractivity contribution in [1.29, 1.82) is 0 Å². The van der Waals surface area contributed by atoms with Crippen molar-refractivity contribution in [1.82, 2.24) is 14.9 Å². The van der Waals surface area contributed by atoms with Gasteiger partial charge in [0.1, 0.15) is 11.6 Å². The zero-order valence-electron chi connectivity index (χ0n) is 17.2. The van der Waals surface area contributed by atoms with Crippen LogP contribution in [-0.4, -0.2) is 22.1 Å². The number of nitrogens with one attached hydrogen (secondary N) is 1. The second-order valence-corrected chi connectivity index (χ2v) is 7.31. The van der Waals surface area contributed by atoms with Gasteiger partial charge in [-0.1, -0.05) is 60.7 Å². The Morgan fingerprint density at radius 1 is 0.933 bits per heavy atom. The number of ether oxygens (including phenoxy) is 1. The first-order valence-corrected chi connectivity index (χ1v) is 10.1. The first kappa shape index (κ1) is 19.7. The summed E-state index contributed by atoms with van der Waals surface area (Å²) >= 11 is 0. The highest BCUT2D eigenvalue weighted by Gasteiger charge is 2.22. The molecule has 0 aliphatic rings. The van der Waals surface area contributed by atoms with Gasteiger partial charge in [-0.05, 0) is 43.7 Å². The molecule has 1 aromatic heterocycles. The predicted molar refractivity (Wildman–Crippen MR) is 118 cm³/mol. The smallest absolute Gasteiger partial charge is 0.258 e. The molecule has 0 saturated carbocycles. The molecule has 0 aliphatic carbocycles. The summed E-state index contributed by atoms with van der Waals surface area (Å²) in [6, 6.07) is 27.5. The number of benzene rings is 3. The Hall–Kier alpha value is -3.60. The van der Waals surface area contributed by atoms with Gasteiger partial charge in [0, 0.05) is 0 Å². The first-order valence-electron chi connectivity index (χ1n) is 10.1. The fourth-order valence-electron chi connectivity index (χ4n) is 3.67. The summed E-state index contributed by atoms with van der Waals surface area (Å²) in [4.78, 5) is 17.3. The van der Waals surface area contributed by atoms with Crippen LogP contribution in [0.1, 0.15) is 37.3 Å². The maximum atomic E-state index is 12.5. The lowest BCUT2D eigenvalue weighted by molar-refractivity contribution is -0.123. The van der Waals surface area contributed by atoms with E-state index in [0.29, 0.717) is 5.75 Å². The molecule has 4 aromatic rings. The van der Waals surface area contributed by atoms with Gasteiger partial charge in [-0.2, -0.15) is 0 Å². The van der Waals surface area contributed by atoms with Crippen LogP contribution in [0.2, 0.25) is 0 Å². The van der Waals surface area contributed by atoms with E-state index in [4.69, 9.17) is 9.72 Å². The number of aromatic nitrogens is 2. The highest BCUT2D eigenvalue weighted by Crippen LogP contribution is 2.28. The minimum Gasteiger partial charge on any atom is -0.484 e. The molecule has 5 nitrogen and oxygen atoms in total. The average molecular weight is 399 g/mol. The molecule has 152 valence electrons. The molecule has 5 heteroatoms. The van der Waals surface area contributed by atoms with E-state index in [-0.39, 0.29) is 24.6 Å². The van der Waals surface area contributed by atoms with Crippen molar-refractivity contribution in [3.8, 4) is 5.75 Å². The highest BCUT2D eigenvalue weighted by molar-refractivity contribution is 5.79. The summed E-state index contributed by atoms with van der Waals surface area (Å²) in [5, 5.41) is 3.03. The molecule has 0 bridgehead atoms. The van der Waals surface area contributed by atoms with Crippen molar-refractivity contribution >= 4 is 16.9 Å². The quantitative estimate of drug-likeness (QED) is 0.481. The zero-order valence-corrected chi connectivity index (χ0v) is 17.2. The van der Waals surface area contributed by atoms with Crippen LogP contribution in [0.5, 0.6) is 5.75 Å². The molecule has 2 atom stereocenters. The van der Waals surface area contributed by atoms with Crippen molar-refractivity contribution in [2.24, 2.45) is 0 Å². The maximum Gasteiger partial charge on any atom is 0.258 e. The molecule has 30 heavy (non-hydrogen) atoms. The molecule has 1 amide bonds. The second kappa shape index (κ2) is 8.82. The van der Waals surface area contributed by atoms with Gasteiger partial charge in [-0.25, -0.2) is 4.98 Å². The van der Waals surface area contributed by atoms with Gasteiger partial charge >= 0.3 is 0 Å². The van der Waals surface area contributed by atoms with Crippen molar-refractivity contribution < 1.29 is 9.53 Å². The Morgan fingerprint density at radius 2 is 1.57 bits per heavy atom. The lowest BCUT2D eigenvalue weighted by Gasteiger charge is -2.22. The van der Waals surface area contributed by atoms with Crippen molar-refractivity contribution in [2.75, 3.05) is 6.61 Å². The van der Waals surface area contributed by atoms with E-state index in [1.54, 1.807) is 0 Å². The Bertz CT molecular complexity index is 1120. The zero-order chi connectivity index (χ0) is 20.9. The SMILES string of the molecule is CC(NC(=O)COc1ccccc1)c1nc2ccccc2n1C(C)c1ccccc1. The van der Waals surface area contributed by atoms with Crippen LogP contribution in [0, 0.1) is 0 Å². The number of imidazole rings is 1. The number of carbonyl (C=O) groups excluding carboxylic acids is 1. The van der Waals surface area contributed by atoms with Crippen LogP contribution in [0.4, 0.5) is 0 Å². The summed E-state index contributed by atoms with van der Waals surface area (Å²) in [6.07, 6.45) is 0. The lowest BCUT2D eigenvalue weighted by Crippen LogP contribution is -2.33. The molecule has 0 fully saturated rings. The molecular weight excluding hydrogens is 374 g/mol. The number of hydrogen-bond donors (Lipinski definition) is 1. The summed E-state index contributed by atoms with van der Waals surface area (Å²) in [6.45, 7) is 4.07. The van der Waals surface area contributed by atoms with Crippen LogP contribution in [0.3, 0.4) is 0 Å². The van der Waals surface area contributed by atoms with Gasteiger partial charge in [-0.3, -0.25) is 4.79 Å². The molecular formula is C25H25N3O2. The Morgan fingerprint density at radius 3 is 2.30 bits per heavy atom. The van der Waals surface area contributed by atoms with Gasteiger partial charge in [0.2, 0.25) is 0 Å². The fraction of sp³-hybridized carbons (Fsp3) is 0.200. The average Bonchev–Trinajstić information content (AvgIpc) is 3.18. The first-order chi connectivity index (χ1) is 14.6. The number of hydrogen-bond acceptors (Lipinski definition) is 3. The van der Waals surface area contributed by atoms with Crippen molar-refractivity contribution in [3.63, 3.8) is 0 Å². The monoisotopic (exact) mass is 399 g/mol. The van der Waals surface area contributed by atoms with E-state index < -0.39 is 0 Å². The molecule has 0 saturated heterocycles. The second-order valence-electron chi connectivity index (χ2n) is 7.31. The minimum atomic E-state index is -0.268. The van der Waals surface area contributed by atoms with Crippen molar-refractivity contribution in [3.05, 3.63) is 96.3 Å². The number of para-hydroxylation sites is 3. The lowest BCUT2D eigenvalue weighted by atomic mass is 10.1. The summed E-state index contributed by atoms with van der Waals surface area (Å²) < 4.78 is 7.77. The van der Waals surface area contributed by atoms with Crippen LogP contribution >= 0.6 is 0 Å². The molecule has 0 aliphatic heterocycles. The predicted octanol–water partition coefficient (Wildman–Crippen LogP) is 4.90. The Labute approximate surface area is 176 Å². The molecule has 4 rings (SSSR count). The van der Waals surface area contributed by atoms with E-state index in [2.05, 4.69) is 35.0 Å². The van der Waals surface area contributed by atoms with Gasteiger partial charge in [-0.15, -0.1) is 0 Å². The van der Waals surface area contributed by atoms with E-state index in [0.717, 1.165) is 16.9 Å². The van der Waals surface area contributed by atoms with Gasteiger partial charge < -0.3 is 14.6 Å². The molecule has 0 spiro atoms. The summed E-state index contributed by atoms with van der Waals surface area (Å²) in [5.74, 6) is 1.31. The fourth-order valence-corrected chi connectivity index (χ4v) is 3.67. The molecule has 2 unspecified atom stereocenters. The number of carbonyl (C=O) groups is 1. The molecule has 3 aromatic carbocycles. The normalized spacial score (nSPS) is 13.0. The molecule has 0 radical (unpaired) electrons. The summed E-state index contributed by atoms with van der Waals surface area (Å²) in [7, 11) is 0. The van der Waals surface area contributed by atoms with Gasteiger partial charge in [0.15, 0.2) is 6.61 Å². The van der Waals surface area contributed by atoms with E-state index in [1.165, 1.54) is 5.56 Å². The van der Waals surface area contributed by atoms with Gasteiger partial charge in [0.25, 0.3) is 5.91 Å². The van der Waals surface area contributed by atoms with E-state index >= 15 is 0 Å². The number of rotatable bonds is 7. The topological polar surface area (TPSA) is 56.1 Å². The third-order valence-corrected chi connectivity index (χ3v) is 5.17.